The van der Waals surface area contributed by atoms with Gasteiger partial charge in [-0.2, -0.15) is 0 Å². The van der Waals surface area contributed by atoms with Crippen LogP contribution in [0.4, 0.5) is 10.5 Å². The number of piperidine rings is 1. The quantitative estimate of drug-likeness (QED) is 0.454. The summed E-state index contributed by atoms with van der Waals surface area (Å²) >= 11 is 6.11. The van der Waals surface area contributed by atoms with E-state index < -0.39 is 0 Å². The van der Waals surface area contributed by atoms with Crippen LogP contribution in [0.15, 0.2) is 54.6 Å². The van der Waals surface area contributed by atoms with Crippen LogP contribution in [0.25, 0.3) is 0 Å². The van der Waals surface area contributed by atoms with Gasteiger partial charge in [-0.1, -0.05) is 41.9 Å². The van der Waals surface area contributed by atoms with Crippen LogP contribution >= 0.6 is 11.6 Å². The van der Waals surface area contributed by atoms with Gasteiger partial charge < -0.3 is 20.9 Å². The molecule has 3 amide bonds. The van der Waals surface area contributed by atoms with Crippen LogP contribution in [0.5, 0.6) is 0 Å². The number of likely N-dealkylation sites (tertiary alicyclic amines) is 1. The summed E-state index contributed by atoms with van der Waals surface area (Å²) in [7, 11) is 0. The van der Waals surface area contributed by atoms with Crippen molar-refractivity contribution in [3.63, 3.8) is 0 Å². The van der Waals surface area contributed by atoms with Crippen molar-refractivity contribution >= 4 is 29.2 Å². The molecular weight excluding hydrogens is 510 g/mol. The molecule has 0 aromatic heterocycles. The Balaban J connectivity index is 1.46. The maximum absolute atomic E-state index is 13.9. The highest BCUT2D eigenvalue weighted by Crippen LogP contribution is 2.26. The van der Waals surface area contributed by atoms with Gasteiger partial charge in [-0.3, -0.25) is 9.69 Å². The Morgan fingerprint density at radius 3 is 2.15 bits per heavy atom. The molecule has 39 heavy (non-hydrogen) atoms. The van der Waals surface area contributed by atoms with Gasteiger partial charge >= 0.3 is 6.03 Å². The van der Waals surface area contributed by atoms with Crippen LogP contribution in [-0.2, 0) is 11.2 Å². The van der Waals surface area contributed by atoms with Crippen molar-refractivity contribution in [2.75, 3.05) is 31.1 Å². The van der Waals surface area contributed by atoms with Crippen LogP contribution < -0.4 is 16.0 Å². The molecule has 0 radical (unpaired) electrons. The minimum absolute atomic E-state index is 0.0359. The summed E-state index contributed by atoms with van der Waals surface area (Å²) < 4.78 is 0. The molecule has 1 aliphatic heterocycles. The number of halogens is 1. The molecule has 2 fully saturated rings. The van der Waals surface area contributed by atoms with Gasteiger partial charge in [-0.15, -0.1) is 0 Å². The topological polar surface area (TPSA) is 81.9 Å². The van der Waals surface area contributed by atoms with Gasteiger partial charge in [0.15, 0.2) is 0 Å². The SMILES string of the molecule is CCN(CC)C(=O)N(c1ccccc1)C1CCN(C(=O)[C@@H](Cc2ccc(Cl)cc2)N[C@H]2CC[C@@H](N)CC2)CC1. The first kappa shape index (κ1) is 29.4. The minimum atomic E-state index is -0.301. The van der Waals surface area contributed by atoms with E-state index in [2.05, 4.69) is 5.32 Å². The highest BCUT2D eigenvalue weighted by Gasteiger charge is 2.35. The van der Waals surface area contributed by atoms with Crippen LogP contribution in [-0.4, -0.2) is 72.1 Å². The Morgan fingerprint density at radius 1 is 0.949 bits per heavy atom. The Labute approximate surface area is 238 Å². The Kier molecular flexibility index (Phi) is 10.7. The van der Waals surface area contributed by atoms with Crippen molar-refractivity contribution in [2.45, 2.75) is 83.0 Å². The average Bonchev–Trinajstić information content (AvgIpc) is 2.96. The molecule has 4 rings (SSSR count). The van der Waals surface area contributed by atoms with Crippen molar-refractivity contribution in [1.82, 2.24) is 15.1 Å². The van der Waals surface area contributed by atoms with Gasteiger partial charge in [0, 0.05) is 55.0 Å². The van der Waals surface area contributed by atoms with Crippen molar-refractivity contribution in [3.05, 3.63) is 65.2 Å². The third kappa shape index (κ3) is 7.74. The minimum Gasteiger partial charge on any atom is -0.341 e. The number of amides is 3. The monoisotopic (exact) mass is 553 g/mol. The smallest absolute Gasteiger partial charge is 0.324 e. The molecule has 1 saturated heterocycles. The second kappa shape index (κ2) is 14.1. The summed E-state index contributed by atoms with van der Waals surface area (Å²) in [6.07, 6.45) is 6.08. The number of hydrogen-bond acceptors (Lipinski definition) is 4. The van der Waals surface area contributed by atoms with E-state index >= 15 is 0 Å². The van der Waals surface area contributed by atoms with Crippen LogP contribution in [0, 0.1) is 0 Å². The average molecular weight is 554 g/mol. The van der Waals surface area contributed by atoms with E-state index in [9.17, 15) is 9.59 Å². The zero-order valence-electron chi connectivity index (χ0n) is 23.4. The molecule has 2 aliphatic rings. The standard InChI is InChI=1S/C31H44ClN5O2/c1-3-35(4-2)31(39)37(27-8-6-5-7-9-27)28-18-20-36(21-19-28)30(38)29(22-23-10-12-24(32)13-11-23)34-26-16-14-25(33)15-17-26/h5-13,25-26,28-29,34H,3-4,14-22,33H2,1-2H3/t25-,26+,29-/m1/s1. The third-order valence-electron chi connectivity index (χ3n) is 8.28. The second-order valence-corrected chi connectivity index (χ2v) is 11.3. The first-order chi connectivity index (χ1) is 18.9. The lowest BCUT2D eigenvalue weighted by molar-refractivity contribution is -0.134. The number of nitrogens with zero attached hydrogens (tertiary/aromatic N) is 3. The predicted octanol–water partition coefficient (Wildman–Crippen LogP) is 5.07. The normalized spacial score (nSPS) is 20.9. The lowest BCUT2D eigenvalue weighted by atomic mass is 9.90. The lowest BCUT2D eigenvalue weighted by Gasteiger charge is -2.41. The molecule has 212 valence electrons. The lowest BCUT2D eigenvalue weighted by Crippen LogP contribution is -2.56. The first-order valence-corrected chi connectivity index (χ1v) is 14.9. The van der Waals surface area contributed by atoms with Gasteiger partial charge in [0.2, 0.25) is 5.91 Å². The van der Waals surface area contributed by atoms with E-state index in [4.69, 9.17) is 17.3 Å². The Bertz CT molecular complexity index is 1050. The summed E-state index contributed by atoms with van der Waals surface area (Å²) in [4.78, 5) is 33.3. The summed E-state index contributed by atoms with van der Waals surface area (Å²) in [5, 5.41) is 4.39. The van der Waals surface area contributed by atoms with Gasteiger partial charge in [-0.25, -0.2) is 4.79 Å². The van der Waals surface area contributed by atoms with Crippen molar-refractivity contribution < 1.29 is 9.59 Å². The number of hydrogen-bond donors (Lipinski definition) is 2. The van der Waals surface area contributed by atoms with E-state index in [1.165, 1.54) is 0 Å². The second-order valence-electron chi connectivity index (χ2n) is 10.9. The van der Waals surface area contributed by atoms with E-state index in [0.717, 1.165) is 49.8 Å². The van der Waals surface area contributed by atoms with Crippen molar-refractivity contribution in [1.29, 1.82) is 0 Å². The summed E-state index contributed by atoms with van der Waals surface area (Å²) in [6, 6.07) is 18.0. The number of rotatable bonds is 9. The van der Waals surface area contributed by atoms with E-state index in [1.54, 1.807) is 0 Å². The Hall–Kier alpha value is -2.61. The number of anilines is 1. The van der Waals surface area contributed by atoms with Gasteiger partial charge in [0.05, 0.1) is 6.04 Å². The highest BCUT2D eigenvalue weighted by molar-refractivity contribution is 6.30. The van der Waals surface area contributed by atoms with Crippen LogP contribution in [0.3, 0.4) is 0 Å². The van der Waals surface area contributed by atoms with Crippen molar-refractivity contribution in [3.8, 4) is 0 Å². The molecule has 1 heterocycles. The summed E-state index contributed by atoms with van der Waals surface area (Å²) in [6.45, 7) is 6.62. The molecule has 7 nitrogen and oxygen atoms in total. The molecule has 2 aromatic carbocycles. The summed E-state index contributed by atoms with van der Waals surface area (Å²) in [5.74, 6) is 0.139. The number of carbonyl (C=O) groups excluding carboxylic acids is 2. The van der Waals surface area contributed by atoms with Crippen LogP contribution in [0.2, 0.25) is 5.02 Å². The molecule has 1 atom stereocenters. The molecule has 8 heteroatoms. The van der Waals surface area contributed by atoms with E-state index in [0.29, 0.717) is 43.7 Å². The number of para-hydroxylation sites is 1. The molecular formula is C31H44ClN5O2. The predicted molar refractivity (Wildman–Crippen MR) is 159 cm³/mol. The molecule has 2 aromatic rings. The fourth-order valence-electron chi connectivity index (χ4n) is 5.92. The van der Waals surface area contributed by atoms with Gasteiger partial charge in [0.1, 0.15) is 0 Å². The molecule has 3 N–H and O–H groups in total. The maximum atomic E-state index is 13.9. The molecule has 0 spiro atoms. The molecule has 1 saturated carbocycles. The zero-order chi connectivity index (χ0) is 27.8. The maximum Gasteiger partial charge on any atom is 0.324 e. The summed E-state index contributed by atoms with van der Waals surface area (Å²) in [5.41, 5.74) is 8.14. The zero-order valence-corrected chi connectivity index (χ0v) is 24.2. The molecule has 0 bridgehead atoms. The largest absolute Gasteiger partial charge is 0.341 e. The first-order valence-electron chi connectivity index (χ1n) is 14.6. The van der Waals surface area contributed by atoms with E-state index in [-0.39, 0.29) is 30.1 Å². The highest BCUT2D eigenvalue weighted by atomic mass is 35.5. The molecule has 1 aliphatic carbocycles. The Morgan fingerprint density at radius 2 is 1.56 bits per heavy atom. The van der Waals surface area contributed by atoms with Gasteiger partial charge in [0.25, 0.3) is 0 Å². The number of urea groups is 1. The number of nitrogens with two attached hydrogens (primary N) is 1. The fraction of sp³-hybridized carbons (Fsp3) is 0.548. The number of carbonyl (C=O) groups is 2. The number of nitrogens with one attached hydrogen (secondary N) is 1. The van der Waals surface area contributed by atoms with Crippen molar-refractivity contribution in [2.24, 2.45) is 5.73 Å². The van der Waals surface area contributed by atoms with Gasteiger partial charge in [-0.05, 0) is 88.6 Å². The third-order valence-corrected chi connectivity index (χ3v) is 8.53. The molecule has 0 unspecified atom stereocenters. The van der Waals surface area contributed by atoms with Crippen LogP contribution in [0.1, 0.15) is 57.9 Å². The number of benzene rings is 2. The van der Waals surface area contributed by atoms with E-state index in [1.807, 2.05) is 83.1 Å². The fourth-order valence-corrected chi connectivity index (χ4v) is 6.05.